The van der Waals surface area contributed by atoms with Gasteiger partial charge in [-0.2, -0.15) is 0 Å². The first-order valence-electron chi connectivity index (χ1n) is 5.29. The van der Waals surface area contributed by atoms with Crippen LogP contribution in [0.4, 0.5) is 4.39 Å². The van der Waals surface area contributed by atoms with E-state index in [9.17, 15) is 9.18 Å². The van der Waals surface area contributed by atoms with E-state index in [2.05, 4.69) is 21.2 Å². The monoisotopic (exact) mass is 285 g/mol. The summed E-state index contributed by atoms with van der Waals surface area (Å²) in [6.45, 7) is 0. The van der Waals surface area contributed by atoms with Gasteiger partial charge in [-0.15, -0.1) is 0 Å². The van der Waals surface area contributed by atoms with E-state index in [-0.39, 0.29) is 17.3 Å². The van der Waals surface area contributed by atoms with Crippen molar-refractivity contribution >= 4 is 21.8 Å². The fourth-order valence-corrected chi connectivity index (χ4v) is 2.51. The molecule has 16 heavy (non-hydrogen) atoms. The number of benzene rings is 1. The van der Waals surface area contributed by atoms with Gasteiger partial charge in [0.05, 0.1) is 5.54 Å². The van der Waals surface area contributed by atoms with E-state index in [1.165, 1.54) is 24.3 Å². The molecular weight excluding hydrogens is 273 g/mol. The summed E-state index contributed by atoms with van der Waals surface area (Å²) in [7, 11) is 0. The zero-order valence-corrected chi connectivity index (χ0v) is 10.4. The molecule has 1 amide bonds. The number of carbonyl (C=O) groups is 1. The Hall–Kier alpha value is -0.900. The van der Waals surface area contributed by atoms with Gasteiger partial charge in [0.2, 0.25) is 0 Å². The van der Waals surface area contributed by atoms with E-state index in [0.29, 0.717) is 5.56 Å². The van der Waals surface area contributed by atoms with Crippen molar-refractivity contribution in [1.29, 1.82) is 0 Å². The fourth-order valence-electron chi connectivity index (χ4n) is 1.81. The molecule has 0 spiro atoms. The maximum Gasteiger partial charge on any atom is 0.251 e. The van der Waals surface area contributed by atoms with E-state index in [1.807, 2.05) is 0 Å². The van der Waals surface area contributed by atoms with E-state index < -0.39 is 0 Å². The molecule has 1 aromatic carbocycles. The third-order valence-corrected chi connectivity index (χ3v) is 4.12. The minimum atomic E-state index is -0.324. The summed E-state index contributed by atoms with van der Waals surface area (Å²) in [6.07, 6.45) is 3.16. The number of alkyl halides is 1. The van der Waals surface area contributed by atoms with Crippen molar-refractivity contribution in [2.75, 3.05) is 5.33 Å². The Morgan fingerprint density at radius 3 is 2.44 bits per heavy atom. The Balaban J connectivity index is 2.05. The van der Waals surface area contributed by atoms with Crippen LogP contribution in [-0.4, -0.2) is 16.8 Å². The van der Waals surface area contributed by atoms with E-state index >= 15 is 0 Å². The lowest BCUT2D eigenvalue weighted by Crippen LogP contribution is -2.54. The van der Waals surface area contributed by atoms with Crippen LogP contribution in [0.1, 0.15) is 29.6 Å². The lowest BCUT2D eigenvalue weighted by atomic mass is 9.78. The van der Waals surface area contributed by atoms with E-state index in [1.54, 1.807) is 0 Å². The molecule has 4 heteroatoms. The molecular formula is C12H13BrFNO. The number of halogens is 2. The summed E-state index contributed by atoms with van der Waals surface area (Å²) in [4.78, 5) is 11.9. The Labute approximate surface area is 102 Å². The molecule has 2 rings (SSSR count). The van der Waals surface area contributed by atoms with Crippen LogP contribution >= 0.6 is 15.9 Å². The molecule has 0 atom stereocenters. The maximum absolute atomic E-state index is 12.7. The normalized spacial score (nSPS) is 17.6. The van der Waals surface area contributed by atoms with Gasteiger partial charge in [0.1, 0.15) is 5.82 Å². The molecule has 0 saturated heterocycles. The number of hydrogen-bond acceptors (Lipinski definition) is 1. The van der Waals surface area contributed by atoms with Gasteiger partial charge < -0.3 is 5.32 Å². The molecule has 1 aliphatic rings. The smallest absolute Gasteiger partial charge is 0.251 e. The van der Waals surface area contributed by atoms with Gasteiger partial charge in [-0.05, 0) is 43.5 Å². The van der Waals surface area contributed by atoms with Gasteiger partial charge in [0, 0.05) is 10.9 Å². The predicted molar refractivity (Wildman–Crippen MR) is 64.2 cm³/mol. The van der Waals surface area contributed by atoms with Crippen LogP contribution in [0.15, 0.2) is 24.3 Å². The first-order valence-corrected chi connectivity index (χ1v) is 6.41. The lowest BCUT2D eigenvalue weighted by molar-refractivity contribution is 0.0856. The van der Waals surface area contributed by atoms with Gasteiger partial charge in [0.15, 0.2) is 0 Å². The van der Waals surface area contributed by atoms with Crippen molar-refractivity contribution in [2.45, 2.75) is 24.8 Å². The van der Waals surface area contributed by atoms with Crippen LogP contribution in [0, 0.1) is 5.82 Å². The Bertz CT molecular complexity index is 381. The van der Waals surface area contributed by atoms with Crippen LogP contribution in [0.3, 0.4) is 0 Å². The Morgan fingerprint density at radius 1 is 1.38 bits per heavy atom. The van der Waals surface area contributed by atoms with Gasteiger partial charge in [-0.25, -0.2) is 4.39 Å². The molecule has 0 unspecified atom stereocenters. The molecule has 1 aromatic rings. The summed E-state index contributed by atoms with van der Waals surface area (Å²) in [6, 6.07) is 5.61. The van der Waals surface area contributed by atoms with Gasteiger partial charge >= 0.3 is 0 Å². The van der Waals surface area contributed by atoms with Crippen molar-refractivity contribution < 1.29 is 9.18 Å². The summed E-state index contributed by atoms with van der Waals surface area (Å²) in [5, 5.41) is 3.78. The van der Waals surface area contributed by atoms with Crippen molar-refractivity contribution in [3.05, 3.63) is 35.6 Å². The summed E-state index contributed by atoms with van der Waals surface area (Å²) in [5.41, 5.74) is 0.416. The van der Waals surface area contributed by atoms with Crippen molar-refractivity contribution in [2.24, 2.45) is 0 Å². The van der Waals surface area contributed by atoms with Crippen molar-refractivity contribution in [1.82, 2.24) is 5.32 Å². The number of carbonyl (C=O) groups excluding carboxylic acids is 1. The quantitative estimate of drug-likeness (QED) is 0.850. The molecule has 1 fully saturated rings. The SMILES string of the molecule is O=C(NC1(CBr)CCC1)c1ccc(F)cc1. The second kappa shape index (κ2) is 4.53. The Morgan fingerprint density at radius 2 is 2.00 bits per heavy atom. The van der Waals surface area contributed by atoms with Crippen LogP contribution in [-0.2, 0) is 0 Å². The first-order chi connectivity index (χ1) is 7.65. The number of rotatable bonds is 3. The molecule has 2 nitrogen and oxygen atoms in total. The highest BCUT2D eigenvalue weighted by Crippen LogP contribution is 2.33. The highest BCUT2D eigenvalue weighted by atomic mass is 79.9. The van der Waals surface area contributed by atoms with Crippen LogP contribution in [0.5, 0.6) is 0 Å². The molecule has 0 aromatic heterocycles. The molecule has 1 aliphatic carbocycles. The van der Waals surface area contributed by atoms with Gasteiger partial charge in [0.25, 0.3) is 5.91 Å². The van der Waals surface area contributed by atoms with Crippen molar-refractivity contribution in [3.63, 3.8) is 0 Å². The topological polar surface area (TPSA) is 29.1 Å². The predicted octanol–water partition coefficient (Wildman–Crippen LogP) is 2.87. The fraction of sp³-hybridized carbons (Fsp3) is 0.417. The third kappa shape index (κ3) is 2.26. The zero-order chi connectivity index (χ0) is 11.6. The molecule has 86 valence electrons. The molecule has 1 N–H and O–H groups in total. The van der Waals surface area contributed by atoms with Gasteiger partial charge in [-0.3, -0.25) is 4.79 Å². The summed E-state index contributed by atoms with van der Waals surface area (Å²) in [5.74, 6) is -0.449. The third-order valence-electron chi connectivity index (χ3n) is 3.05. The van der Waals surface area contributed by atoms with Crippen LogP contribution < -0.4 is 5.32 Å². The van der Waals surface area contributed by atoms with Gasteiger partial charge in [-0.1, -0.05) is 15.9 Å². The number of hydrogen-bond donors (Lipinski definition) is 1. The van der Waals surface area contributed by atoms with Crippen molar-refractivity contribution in [3.8, 4) is 0 Å². The highest BCUT2D eigenvalue weighted by molar-refractivity contribution is 9.09. The second-order valence-electron chi connectivity index (χ2n) is 4.23. The lowest BCUT2D eigenvalue weighted by Gasteiger charge is -2.41. The largest absolute Gasteiger partial charge is 0.346 e. The average Bonchev–Trinajstić information content (AvgIpc) is 2.24. The maximum atomic E-state index is 12.7. The molecule has 1 saturated carbocycles. The second-order valence-corrected chi connectivity index (χ2v) is 4.79. The minimum absolute atomic E-state index is 0.0918. The Kier molecular flexibility index (Phi) is 3.28. The molecule has 0 bridgehead atoms. The molecule has 0 heterocycles. The first kappa shape index (κ1) is 11.6. The summed E-state index contributed by atoms with van der Waals surface area (Å²) < 4.78 is 12.7. The van der Waals surface area contributed by atoms with E-state index in [0.717, 1.165) is 24.6 Å². The van der Waals surface area contributed by atoms with Crippen LogP contribution in [0.2, 0.25) is 0 Å². The standard InChI is InChI=1S/C12H13BrFNO/c13-8-12(6-1-7-12)15-11(16)9-2-4-10(14)5-3-9/h2-5H,1,6-8H2,(H,15,16). The molecule has 0 aliphatic heterocycles. The average molecular weight is 286 g/mol. The number of amides is 1. The highest BCUT2D eigenvalue weighted by Gasteiger charge is 2.37. The van der Waals surface area contributed by atoms with E-state index in [4.69, 9.17) is 0 Å². The zero-order valence-electron chi connectivity index (χ0n) is 8.80. The minimum Gasteiger partial charge on any atom is -0.346 e. The number of nitrogens with one attached hydrogen (secondary N) is 1. The van der Waals surface area contributed by atoms with Crippen LogP contribution in [0.25, 0.3) is 0 Å². The molecule has 0 radical (unpaired) electrons. The summed E-state index contributed by atoms with van der Waals surface area (Å²) >= 11 is 3.42.